The molecule has 0 saturated heterocycles. The summed E-state index contributed by atoms with van der Waals surface area (Å²) >= 11 is 0. The van der Waals surface area contributed by atoms with Crippen molar-refractivity contribution in [2.24, 2.45) is 0 Å². The summed E-state index contributed by atoms with van der Waals surface area (Å²) in [6, 6.07) is 11.3. The van der Waals surface area contributed by atoms with E-state index in [4.69, 9.17) is 15.4 Å². The largest absolute Gasteiger partial charge is 0.464 e. The molecular formula is C14H15N3O. The van der Waals surface area contributed by atoms with Crippen LogP contribution >= 0.6 is 0 Å². The molecule has 0 amide bonds. The third kappa shape index (κ3) is 2.46. The summed E-state index contributed by atoms with van der Waals surface area (Å²) in [5, 5.41) is 9.11. The lowest BCUT2D eigenvalue weighted by Crippen LogP contribution is -2.17. The van der Waals surface area contributed by atoms with Gasteiger partial charge in [-0.25, -0.2) is 0 Å². The molecule has 2 N–H and O–H groups in total. The molecule has 0 radical (unpaired) electrons. The monoisotopic (exact) mass is 241 g/mol. The van der Waals surface area contributed by atoms with Crippen LogP contribution in [0.1, 0.15) is 17.1 Å². The molecule has 4 nitrogen and oxygen atoms in total. The first kappa shape index (κ1) is 12.1. The fraction of sp³-hybridized carbons (Fsp3) is 0.214. The number of nitriles is 1. The van der Waals surface area contributed by atoms with Gasteiger partial charge >= 0.3 is 0 Å². The van der Waals surface area contributed by atoms with E-state index in [0.717, 1.165) is 17.2 Å². The summed E-state index contributed by atoms with van der Waals surface area (Å²) in [5.41, 5.74) is 7.68. The van der Waals surface area contributed by atoms with E-state index >= 15 is 0 Å². The molecule has 2 aromatic rings. The van der Waals surface area contributed by atoms with Crippen molar-refractivity contribution in [2.75, 3.05) is 17.7 Å². The van der Waals surface area contributed by atoms with Crippen molar-refractivity contribution in [1.82, 2.24) is 0 Å². The number of hydrogen-bond acceptors (Lipinski definition) is 4. The Balaban J connectivity index is 2.24. The van der Waals surface area contributed by atoms with E-state index in [1.165, 1.54) is 0 Å². The first-order valence-electron chi connectivity index (χ1n) is 5.66. The van der Waals surface area contributed by atoms with Gasteiger partial charge in [0.25, 0.3) is 0 Å². The first-order chi connectivity index (χ1) is 8.60. The summed E-state index contributed by atoms with van der Waals surface area (Å²) in [6.45, 7) is 2.53. The van der Waals surface area contributed by atoms with E-state index in [1.54, 1.807) is 12.1 Å². The quantitative estimate of drug-likeness (QED) is 0.839. The second-order valence-corrected chi connectivity index (χ2v) is 4.26. The lowest BCUT2D eigenvalue weighted by atomic mass is 10.1. The van der Waals surface area contributed by atoms with Crippen LogP contribution in [0.15, 0.2) is 34.7 Å². The van der Waals surface area contributed by atoms with Gasteiger partial charge in [-0.05, 0) is 37.3 Å². The molecule has 2 rings (SSSR count). The Morgan fingerprint density at radius 1 is 1.33 bits per heavy atom. The van der Waals surface area contributed by atoms with Crippen molar-refractivity contribution in [3.8, 4) is 6.07 Å². The smallest absolute Gasteiger partial charge is 0.123 e. The van der Waals surface area contributed by atoms with Gasteiger partial charge in [-0.1, -0.05) is 0 Å². The normalized spacial score (nSPS) is 10.1. The maximum atomic E-state index is 9.11. The number of aryl methyl sites for hydroxylation is 1. The average Bonchev–Trinajstić information content (AvgIpc) is 2.74. The molecule has 0 saturated carbocycles. The Kier molecular flexibility index (Phi) is 3.24. The van der Waals surface area contributed by atoms with E-state index in [9.17, 15) is 0 Å². The van der Waals surface area contributed by atoms with Crippen LogP contribution in [0.5, 0.6) is 0 Å². The molecule has 0 atom stereocenters. The average molecular weight is 241 g/mol. The lowest BCUT2D eigenvalue weighted by molar-refractivity contribution is 0.482. The van der Waals surface area contributed by atoms with E-state index in [2.05, 4.69) is 6.07 Å². The molecule has 18 heavy (non-hydrogen) atoms. The topological polar surface area (TPSA) is 66.2 Å². The number of anilines is 2. The van der Waals surface area contributed by atoms with Gasteiger partial charge in [0, 0.05) is 12.7 Å². The van der Waals surface area contributed by atoms with Crippen LogP contribution in [0.2, 0.25) is 0 Å². The van der Waals surface area contributed by atoms with E-state index in [1.807, 2.05) is 37.1 Å². The highest BCUT2D eigenvalue weighted by Crippen LogP contribution is 2.23. The van der Waals surface area contributed by atoms with Crippen molar-refractivity contribution >= 4 is 11.4 Å². The van der Waals surface area contributed by atoms with E-state index < -0.39 is 0 Å². The fourth-order valence-electron chi connectivity index (χ4n) is 1.87. The highest BCUT2D eigenvalue weighted by atomic mass is 16.3. The third-order valence-electron chi connectivity index (χ3n) is 2.74. The maximum Gasteiger partial charge on any atom is 0.123 e. The van der Waals surface area contributed by atoms with Crippen molar-refractivity contribution in [1.29, 1.82) is 5.26 Å². The zero-order chi connectivity index (χ0) is 13.1. The fourth-order valence-corrected chi connectivity index (χ4v) is 1.87. The SMILES string of the molecule is Cc1ccc(CN(C)c2ccc(N)cc2C#N)o1. The van der Waals surface area contributed by atoms with Crippen LogP contribution < -0.4 is 10.6 Å². The van der Waals surface area contributed by atoms with Gasteiger partial charge in [0.05, 0.1) is 17.8 Å². The van der Waals surface area contributed by atoms with Crippen LogP contribution in [0.25, 0.3) is 0 Å². The first-order valence-corrected chi connectivity index (χ1v) is 5.66. The van der Waals surface area contributed by atoms with Crippen molar-refractivity contribution < 1.29 is 4.42 Å². The lowest BCUT2D eigenvalue weighted by Gasteiger charge is -2.19. The maximum absolute atomic E-state index is 9.11. The third-order valence-corrected chi connectivity index (χ3v) is 2.74. The van der Waals surface area contributed by atoms with Gasteiger partial charge in [-0.15, -0.1) is 0 Å². The molecule has 0 bridgehead atoms. The number of nitrogen functional groups attached to an aromatic ring is 1. The van der Waals surface area contributed by atoms with Gasteiger partial charge in [0.1, 0.15) is 17.6 Å². The zero-order valence-electron chi connectivity index (χ0n) is 10.5. The van der Waals surface area contributed by atoms with Gasteiger partial charge in [0.2, 0.25) is 0 Å². The molecule has 1 heterocycles. The van der Waals surface area contributed by atoms with Crippen molar-refractivity contribution in [3.05, 3.63) is 47.4 Å². The molecule has 0 aliphatic carbocycles. The van der Waals surface area contributed by atoms with E-state index in [0.29, 0.717) is 17.8 Å². The number of nitrogens with two attached hydrogens (primary N) is 1. The number of hydrogen-bond donors (Lipinski definition) is 1. The highest BCUT2D eigenvalue weighted by Gasteiger charge is 2.10. The standard InChI is InChI=1S/C14H15N3O/c1-10-3-5-13(18-10)9-17(2)14-6-4-12(16)7-11(14)8-15/h3-7H,9,16H2,1-2H3. The predicted molar refractivity (Wildman–Crippen MR) is 71.1 cm³/mol. The van der Waals surface area contributed by atoms with Gasteiger partial charge in [-0.2, -0.15) is 5.26 Å². The summed E-state index contributed by atoms with van der Waals surface area (Å²) in [7, 11) is 1.92. The minimum atomic E-state index is 0.570. The van der Waals surface area contributed by atoms with Crippen molar-refractivity contribution in [2.45, 2.75) is 13.5 Å². The molecule has 0 unspecified atom stereocenters. The summed E-state index contributed by atoms with van der Waals surface area (Å²) in [4.78, 5) is 1.97. The number of rotatable bonds is 3. The minimum Gasteiger partial charge on any atom is -0.464 e. The number of benzene rings is 1. The van der Waals surface area contributed by atoms with Crippen LogP contribution in [0, 0.1) is 18.3 Å². The predicted octanol–water partition coefficient (Wildman–Crippen LogP) is 2.68. The van der Waals surface area contributed by atoms with Gasteiger partial charge in [0.15, 0.2) is 0 Å². The molecule has 92 valence electrons. The Bertz CT molecular complexity index is 595. The molecular weight excluding hydrogens is 226 g/mol. The van der Waals surface area contributed by atoms with Crippen LogP contribution in [-0.2, 0) is 6.54 Å². The molecule has 0 aliphatic heterocycles. The second kappa shape index (κ2) is 4.84. The summed E-state index contributed by atoms with van der Waals surface area (Å²) < 4.78 is 5.52. The zero-order valence-corrected chi connectivity index (χ0v) is 10.5. The van der Waals surface area contributed by atoms with Gasteiger partial charge in [-0.3, -0.25) is 0 Å². The molecule has 4 heteroatoms. The Morgan fingerprint density at radius 2 is 2.11 bits per heavy atom. The summed E-state index contributed by atoms with van der Waals surface area (Å²) in [5.74, 6) is 1.76. The molecule has 1 aromatic carbocycles. The Labute approximate surface area is 106 Å². The molecule has 0 fully saturated rings. The van der Waals surface area contributed by atoms with Crippen LogP contribution in [0.3, 0.4) is 0 Å². The summed E-state index contributed by atoms with van der Waals surface area (Å²) in [6.07, 6.45) is 0. The van der Waals surface area contributed by atoms with Crippen LogP contribution in [0.4, 0.5) is 11.4 Å². The Hall–Kier alpha value is -2.41. The van der Waals surface area contributed by atoms with Gasteiger partial charge < -0.3 is 15.1 Å². The highest BCUT2D eigenvalue weighted by molar-refractivity contribution is 5.64. The number of furan rings is 1. The second-order valence-electron chi connectivity index (χ2n) is 4.26. The molecule has 0 spiro atoms. The molecule has 0 aliphatic rings. The minimum absolute atomic E-state index is 0.570. The number of nitrogens with zero attached hydrogens (tertiary/aromatic N) is 2. The van der Waals surface area contributed by atoms with E-state index in [-0.39, 0.29) is 0 Å². The Morgan fingerprint density at radius 3 is 2.72 bits per heavy atom. The van der Waals surface area contributed by atoms with Crippen molar-refractivity contribution in [3.63, 3.8) is 0 Å². The van der Waals surface area contributed by atoms with Crippen LogP contribution in [-0.4, -0.2) is 7.05 Å². The molecule has 1 aromatic heterocycles.